The van der Waals surface area contributed by atoms with Gasteiger partial charge in [0.1, 0.15) is 0 Å². The van der Waals surface area contributed by atoms with Crippen molar-refractivity contribution in [2.24, 2.45) is 0 Å². The van der Waals surface area contributed by atoms with Crippen LogP contribution in [0.4, 0.5) is 4.79 Å². The lowest BCUT2D eigenvalue weighted by molar-refractivity contribution is 0.161. The normalized spacial score (nSPS) is 16.9. The summed E-state index contributed by atoms with van der Waals surface area (Å²) >= 11 is 0. The first-order chi connectivity index (χ1) is 7.27. The lowest BCUT2D eigenvalue weighted by atomic mass is 9.96. The Labute approximate surface area is 88.3 Å². The van der Waals surface area contributed by atoms with E-state index in [0.29, 0.717) is 6.54 Å². The Bertz CT molecular complexity index is 347. The first-order valence-corrected chi connectivity index (χ1v) is 5.00. The molecule has 1 saturated carbocycles. The predicted molar refractivity (Wildman–Crippen MR) is 55.7 cm³/mol. The number of hydroxylamine groups is 1. The van der Waals surface area contributed by atoms with Crippen LogP contribution in [0.15, 0.2) is 30.3 Å². The molecule has 0 unspecified atom stereocenters. The van der Waals surface area contributed by atoms with E-state index >= 15 is 0 Å². The summed E-state index contributed by atoms with van der Waals surface area (Å²) in [5, 5.41) is 11.0. The molecule has 0 aliphatic heterocycles. The van der Waals surface area contributed by atoms with E-state index in [1.165, 1.54) is 5.56 Å². The maximum atomic E-state index is 10.8. The van der Waals surface area contributed by atoms with Gasteiger partial charge in [-0.25, -0.2) is 10.3 Å². The van der Waals surface area contributed by atoms with Crippen molar-refractivity contribution < 1.29 is 10.0 Å². The maximum absolute atomic E-state index is 10.8. The third-order valence-electron chi connectivity index (χ3n) is 2.93. The number of carbonyl (C=O) groups excluding carboxylic acids is 1. The second-order valence-electron chi connectivity index (χ2n) is 3.94. The zero-order valence-electron chi connectivity index (χ0n) is 8.36. The number of benzene rings is 1. The van der Waals surface area contributed by atoms with E-state index in [0.717, 1.165) is 12.8 Å². The van der Waals surface area contributed by atoms with Crippen molar-refractivity contribution in [1.29, 1.82) is 0 Å². The number of amides is 2. The largest absolute Gasteiger partial charge is 0.338 e. The first kappa shape index (κ1) is 9.98. The van der Waals surface area contributed by atoms with Crippen molar-refractivity contribution in [3.05, 3.63) is 35.9 Å². The molecular formula is C11H14N2O2. The molecule has 2 rings (SSSR count). The Hall–Kier alpha value is -1.55. The third kappa shape index (κ3) is 2.10. The van der Waals surface area contributed by atoms with Gasteiger partial charge in [-0.05, 0) is 18.4 Å². The number of carbonyl (C=O) groups is 1. The molecule has 15 heavy (non-hydrogen) atoms. The molecule has 1 aliphatic carbocycles. The number of urea groups is 1. The summed E-state index contributed by atoms with van der Waals surface area (Å²) in [4.78, 5) is 10.8. The van der Waals surface area contributed by atoms with E-state index in [4.69, 9.17) is 5.21 Å². The van der Waals surface area contributed by atoms with Crippen LogP contribution in [0.25, 0.3) is 0 Å². The summed E-state index contributed by atoms with van der Waals surface area (Å²) in [5.41, 5.74) is 2.91. The van der Waals surface area contributed by atoms with Gasteiger partial charge >= 0.3 is 6.03 Å². The van der Waals surface area contributed by atoms with Gasteiger partial charge in [-0.3, -0.25) is 5.21 Å². The molecule has 0 bridgehead atoms. The van der Waals surface area contributed by atoms with Gasteiger partial charge in [0.15, 0.2) is 0 Å². The molecule has 4 nitrogen and oxygen atoms in total. The zero-order chi connectivity index (χ0) is 10.7. The molecule has 0 aromatic heterocycles. The van der Waals surface area contributed by atoms with E-state index in [1.54, 1.807) is 5.48 Å². The Morgan fingerprint density at radius 3 is 2.53 bits per heavy atom. The molecule has 0 spiro atoms. The minimum absolute atomic E-state index is 0.0910. The molecule has 0 atom stereocenters. The minimum Gasteiger partial charge on any atom is -0.335 e. The smallest absolute Gasteiger partial charge is 0.335 e. The molecule has 0 heterocycles. The van der Waals surface area contributed by atoms with Crippen LogP contribution in [0.5, 0.6) is 0 Å². The van der Waals surface area contributed by atoms with Crippen LogP contribution in [0, 0.1) is 0 Å². The zero-order valence-corrected chi connectivity index (χ0v) is 8.36. The quantitative estimate of drug-likeness (QED) is 0.517. The third-order valence-corrected chi connectivity index (χ3v) is 2.93. The molecule has 4 heteroatoms. The fourth-order valence-corrected chi connectivity index (χ4v) is 1.80. The molecule has 2 amide bonds. The van der Waals surface area contributed by atoms with Crippen molar-refractivity contribution >= 4 is 6.03 Å². The maximum Gasteiger partial charge on any atom is 0.338 e. The summed E-state index contributed by atoms with van der Waals surface area (Å²) in [6.07, 6.45) is 2.17. The fourth-order valence-electron chi connectivity index (χ4n) is 1.80. The second kappa shape index (κ2) is 3.90. The van der Waals surface area contributed by atoms with Crippen LogP contribution >= 0.6 is 0 Å². The van der Waals surface area contributed by atoms with Crippen LogP contribution < -0.4 is 10.8 Å². The highest BCUT2D eigenvalue weighted by atomic mass is 16.5. The van der Waals surface area contributed by atoms with E-state index in [1.807, 2.05) is 18.2 Å². The van der Waals surface area contributed by atoms with Gasteiger partial charge in [-0.2, -0.15) is 0 Å². The number of hydrogen-bond acceptors (Lipinski definition) is 2. The van der Waals surface area contributed by atoms with Crippen LogP contribution in [0.1, 0.15) is 18.4 Å². The molecule has 80 valence electrons. The molecule has 1 aromatic rings. The second-order valence-corrected chi connectivity index (χ2v) is 3.94. The van der Waals surface area contributed by atoms with Crippen LogP contribution in [0.2, 0.25) is 0 Å². The summed E-state index contributed by atoms with van der Waals surface area (Å²) in [7, 11) is 0. The number of hydrogen-bond donors (Lipinski definition) is 3. The van der Waals surface area contributed by atoms with Crippen LogP contribution in [0.3, 0.4) is 0 Å². The molecule has 3 N–H and O–H groups in total. The van der Waals surface area contributed by atoms with Gasteiger partial charge in [-0.1, -0.05) is 30.3 Å². The Balaban J connectivity index is 2.00. The summed E-state index contributed by atoms with van der Waals surface area (Å²) < 4.78 is 0. The highest BCUT2D eigenvalue weighted by Gasteiger charge is 2.44. The monoisotopic (exact) mass is 206 g/mol. The molecule has 1 fully saturated rings. The number of rotatable bonds is 3. The van der Waals surface area contributed by atoms with Gasteiger partial charge in [0.25, 0.3) is 0 Å². The highest BCUT2D eigenvalue weighted by molar-refractivity contribution is 5.72. The first-order valence-electron chi connectivity index (χ1n) is 5.00. The van der Waals surface area contributed by atoms with E-state index in [2.05, 4.69) is 17.4 Å². The van der Waals surface area contributed by atoms with Gasteiger partial charge in [0.05, 0.1) is 0 Å². The fraction of sp³-hybridized carbons (Fsp3) is 0.364. The van der Waals surface area contributed by atoms with Crippen molar-refractivity contribution in [1.82, 2.24) is 10.8 Å². The molecule has 1 aromatic carbocycles. The lowest BCUT2D eigenvalue weighted by Crippen LogP contribution is -2.38. The van der Waals surface area contributed by atoms with E-state index in [9.17, 15) is 4.79 Å². The number of nitrogens with one attached hydrogen (secondary N) is 2. The predicted octanol–water partition coefficient (Wildman–Crippen LogP) is 1.41. The standard InChI is InChI=1S/C11H14N2O2/c14-10(13-15)12-8-11(6-7-11)9-4-2-1-3-5-9/h1-5,15H,6-8H2,(H2,12,13,14). The SMILES string of the molecule is O=C(NO)NCC1(c2ccccc2)CC1. The Morgan fingerprint density at radius 2 is 2.00 bits per heavy atom. The Morgan fingerprint density at radius 1 is 1.33 bits per heavy atom. The highest BCUT2D eigenvalue weighted by Crippen LogP contribution is 2.47. The molecule has 0 radical (unpaired) electrons. The molecular weight excluding hydrogens is 192 g/mol. The minimum atomic E-state index is -0.544. The van der Waals surface area contributed by atoms with E-state index < -0.39 is 6.03 Å². The summed E-state index contributed by atoms with van der Waals surface area (Å²) in [6.45, 7) is 0.573. The summed E-state index contributed by atoms with van der Waals surface area (Å²) in [5.74, 6) is 0. The van der Waals surface area contributed by atoms with Crippen molar-refractivity contribution in [2.45, 2.75) is 18.3 Å². The topological polar surface area (TPSA) is 61.4 Å². The van der Waals surface area contributed by atoms with Crippen LogP contribution in [-0.4, -0.2) is 17.8 Å². The molecule has 1 aliphatic rings. The Kier molecular flexibility index (Phi) is 2.60. The van der Waals surface area contributed by atoms with E-state index in [-0.39, 0.29) is 5.41 Å². The average Bonchev–Trinajstić information content (AvgIpc) is 3.08. The van der Waals surface area contributed by atoms with Crippen LogP contribution in [-0.2, 0) is 5.41 Å². The van der Waals surface area contributed by atoms with Gasteiger partial charge in [0.2, 0.25) is 0 Å². The molecule has 0 saturated heterocycles. The van der Waals surface area contributed by atoms with Crippen molar-refractivity contribution in [3.8, 4) is 0 Å². The summed E-state index contributed by atoms with van der Waals surface area (Å²) in [6, 6.07) is 9.59. The van der Waals surface area contributed by atoms with Crippen molar-refractivity contribution in [2.75, 3.05) is 6.54 Å². The van der Waals surface area contributed by atoms with Gasteiger partial charge in [-0.15, -0.1) is 0 Å². The average molecular weight is 206 g/mol. The van der Waals surface area contributed by atoms with Crippen molar-refractivity contribution in [3.63, 3.8) is 0 Å². The van der Waals surface area contributed by atoms with Gasteiger partial charge < -0.3 is 5.32 Å². The lowest BCUT2D eigenvalue weighted by Gasteiger charge is -2.15. The van der Waals surface area contributed by atoms with Gasteiger partial charge in [0, 0.05) is 12.0 Å².